The first-order chi connectivity index (χ1) is 8.66. The molecule has 20 heavy (non-hydrogen) atoms. The molecule has 0 unspecified atom stereocenters. The van der Waals surface area contributed by atoms with Gasteiger partial charge in [-0.05, 0) is 20.8 Å². The molecule has 0 saturated carbocycles. The monoisotopic (exact) mass is 327 g/mol. The van der Waals surface area contributed by atoms with Crippen LogP contribution in [0.1, 0.15) is 20.8 Å². The summed E-state index contributed by atoms with van der Waals surface area (Å²) in [6.07, 6.45) is -7.47. The topological polar surface area (TPSA) is 46.2 Å². The summed E-state index contributed by atoms with van der Waals surface area (Å²) in [6.45, 7) is 4.30. The Morgan fingerprint density at radius 3 is 1.90 bits per heavy atom. The van der Waals surface area contributed by atoms with E-state index in [9.17, 15) is 34.8 Å². The molecular formula is C10H15F6NO2S. The van der Waals surface area contributed by atoms with Gasteiger partial charge in [0.15, 0.2) is 9.84 Å². The molecular weight excluding hydrogens is 312 g/mol. The van der Waals surface area contributed by atoms with Crippen LogP contribution in [0.5, 0.6) is 0 Å². The van der Waals surface area contributed by atoms with E-state index in [4.69, 9.17) is 0 Å². The van der Waals surface area contributed by atoms with Gasteiger partial charge in [-0.25, -0.2) is 26.0 Å². The highest BCUT2D eigenvalue weighted by Gasteiger charge is 2.44. The standard InChI is InChI=1S/C10H15F6NO2S/c1-9(2,3)17-6(7(11)12)4-20(18,19)5-10(15,16)8(13)14/h4,7-8,17H,5H2,1-3H3/b6-4+. The van der Waals surface area contributed by atoms with Gasteiger partial charge in [-0.15, -0.1) is 0 Å². The second-order valence-corrected chi connectivity index (χ2v) is 6.97. The van der Waals surface area contributed by atoms with Crippen LogP contribution in [-0.2, 0) is 9.84 Å². The predicted octanol–water partition coefficient (Wildman–Crippen LogP) is 2.80. The van der Waals surface area contributed by atoms with Crippen LogP contribution in [-0.4, -0.2) is 38.5 Å². The molecule has 0 aliphatic rings. The zero-order valence-electron chi connectivity index (χ0n) is 10.9. The summed E-state index contributed by atoms with van der Waals surface area (Å²) in [5, 5.41) is 2.00. The Balaban J connectivity index is 5.33. The molecule has 0 aromatic rings. The van der Waals surface area contributed by atoms with E-state index in [1.165, 1.54) is 20.8 Å². The minimum Gasteiger partial charge on any atom is -0.379 e. The lowest BCUT2D eigenvalue weighted by Crippen LogP contribution is -2.39. The summed E-state index contributed by atoms with van der Waals surface area (Å²) in [6, 6.07) is 0. The van der Waals surface area contributed by atoms with Crippen LogP contribution in [0.15, 0.2) is 11.1 Å². The van der Waals surface area contributed by atoms with E-state index < -0.39 is 45.6 Å². The van der Waals surface area contributed by atoms with Crippen LogP contribution >= 0.6 is 0 Å². The molecule has 10 heteroatoms. The number of nitrogens with one attached hydrogen (secondary N) is 1. The lowest BCUT2D eigenvalue weighted by Gasteiger charge is -2.24. The maximum atomic E-state index is 12.7. The lowest BCUT2D eigenvalue weighted by molar-refractivity contribution is -0.110. The minimum absolute atomic E-state index is 0.126. The molecule has 0 aromatic carbocycles. The molecule has 0 saturated heterocycles. The van der Waals surface area contributed by atoms with Gasteiger partial charge in [-0.3, -0.25) is 0 Å². The molecule has 3 nitrogen and oxygen atoms in total. The third-order valence-electron chi connectivity index (χ3n) is 1.77. The average Bonchev–Trinajstić information content (AvgIpc) is 2.11. The van der Waals surface area contributed by atoms with Crippen molar-refractivity contribution in [2.75, 3.05) is 5.75 Å². The molecule has 0 fully saturated rings. The molecule has 0 atom stereocenters. The minimum atomic E-state index is -4.94. The third-order valence-corrected chi connectivity index (χ3v) is 3.17. The summed E-state index contributed by atoms with van der Waals surface area (Å²) < 4.78 is 97.0. The number of hydrogen-bond donors (Lipinski definition) is 1. The molecule has 0 bridgehead atoms. The van der Waals surface area contributed by atoms with Crippen molar-refractivity contribution in [3.05, 3.63) is 11.1 Å². The van der Waals surface area contributed by atoms with E-state index in [2.05, 4.69) is 5.32 Å². The van der Waals surface area contributed by atoms with Crippen molar-refractivity contribution in [1.29, 1.82) is 0 Å². The van der Waals surface area contributed by atoms with Gasteiger partial charge in [-0.2, -0.15) is 8.78 Å². The first-order valence-electron chi connectivity index (χ1n) is 5.33. The predicted molar refractivity (Wildman–Crippen MR) is 61.7 cm³/mol. The zero-order chi connectivity index (χ0) is 16.4. The first-order valence-corrected chi connectivity index (χ1v) is 7.04. The SMILES string of the molecule is CC(C)(C)N/C(=C/S(=O)(=O)CC(F)(F)C(F)F)C(F)F. The smallest absolute Gasteiger partial charge is 0.321 e. The number of alkyl halides is 6. The Kier molecular flexibility index (Phi) is 5.94. The van der Waals surface area contributed by atoms with Crippen LogP contribution < -0.4 is 5.32 Å². The second kappa shape index (κ2) is 6.23. The molecule has 0 amide bonds. The van der Waals surface area contributed by atoms with Gasteiger partial charge in [-0.1, -0.05) is 0 Å². The Hall–Kier alpha value is -0.930. The lowest BCUT2D eigenvalue weighted by atomic mass is 10.1. The van der Waals surface area contributed by atoms with Crippen LogP contribution in [0.2, 0.25) is 0 Å². The van der Waals surface area contributed by atoms with Gasteiger partial charge >= 0.3 is 12.3 Å². The fourth-order valence-electron chi connectivity index (χ4n) is 1.13. The number of allylic oxidation sites excluding steroid dienone is 1. The van der Waals surface area contributed by atoms with E-state index in [1.807, 2.05) is 0 Å². The van der Waals surface area contributed by atoms with Crippen molar-refractivity contribution < 1.29 is 34.8 Å². The summed E-state index contributed by atoms with van der Waals surface area (Å²) in [4.78, 5) is 0. The average molecular weight is 327 g/mol. The molecule has 1 N–H and O–H groups in total. The second-order valence-electron chi connectivity index (χ2n) is 5.12. The summed E-state index contributed by atoms with van der Waals surface area (Å²) in [7, 11) is -4.94. The highest BCUT2D eigenvalue weighted by atomic mass is 32.2. The maximum absolute atomic E-state index is 12.7. The summed E-state index contributed by atoms with van der Waals surface area (Å²) in [5.41, 5.74) is -2.08. The molecule has 0 radical (unpaired) electrons. The van der Waals surface area contributed by atoms with E-state index in [0.29, 0.717) is 0 Å². The van der Waals surface area contributed by atoms with Gasteiger partial charge in [0.25, 0.3) is 6.43 Å². The van der Waals surface area contributed by atoms with Crippen molar-refractivity contribution in [1.82, 2.24) is 5.32 Å². The van der Waals surface area contributed by atoms with Crippen molar-refractivity contribution in [2.24, 2.45) is 0 Å². The Morgan fingerprint density at radius 2 is 1.60 bits per heavy atom. The maximum Gasteiger partial charge on any atom is 0.321 e. The molecule has 0 spiro atoms. The van der Waals surface area contributed by atoms with Crippen LogP contribution in [0.25, 0.3) is 0 Å². The van der Waals surface area contributed by atoms with Crippen LogP contribution in [0.4, 0.5) is 26.3 Å². The van der Waals surface area contributed by atoms with Gasteiger partial charge in [0.2, 0.25) is 0 Å². The normalized spacial score (nSPS) is 15.1. The van der Waals surface area contributed by atoms with E-state index in [1.54, 1.807) is 0 Å². The Labute approximate surface area is 113 Å². The van der Waals surface area contributed by atoms with Crippen LogP contribution in [0.3, 0.4) is 0 Å². The Bertz CT molecular complexity index is 453. The largest absolute Gasteiger partial charge is 0.379 e. The Morgan fingerprint density at radius 1 is 1.15 bits per heavy atom. The molecule has 0 aliphatic heterocycles. The van der Waals surface area contributed by atoms with Crippen molar-refractivity contribution in [2.45, 2.75) is 45.1 Å². The summed E-state index contributed by atoms with van der Waals surface area (Å²) in [5.74, 6) is -7.04. The van der Waals surface area contributed by atoms with E-state index in [-0.39, 0.29) is 5.41 Å². The number of hydrogen-bond acceptors (Lipinski definition) is 3. The molecule has 0 aromatic heterocycles. The van der Waals surface area contributed by atoms with Gasteiger partial charge < -0.3 is 5.32 Å². The van der Waals surface area contributed by atoms with Crippen molar-refractivity contribution >= 4 is 9.84 Å². The molecule has 0 rings (SSSR count). The molecule has 0 heterocycles. The summed E-state index contributed by atoms with van der Waals surface area (Å²) >= 11 is 0. The molecule has 120 valence electrons. The van der Waals surface area contributed by atoms with E-state index in [0.717, 1.165) is 0 Å². The number of rotatable bonds is 6. The van der Waals surface area contributed by atoms with Gasteiger partial charge in [0, 0.05) is 5.54 Å². The number of halogens is 6. The zero-order valence-corrected chi connectivity index (χ0v) is 11.7. The van der Waals surface area contributed by atoms with Gasteiger partial charge in [0.05, 0.1) is 11.1 Å². The molecule has 0 aliphatic carbocycles. The van der Waals surface area contributed by atoms with Crippen molar-refractivity contribution in [3.8, 4) is 0 Å². The highest BCUT2D eigenvalue weighted by Crippen LogP contribution is 2.26. The van der Waals surface area contributed by atoms with Crippen molar-refractivity contribution in [3.63, 3.8) is 0 Å². The quantitative estimate of drug-likeness (QED) is 0.763. The fourth-order valence-corrected chi connectivity index (χ4v) is 2.43. The number of sulfone groups is 1. The van der Waals surface area contributed by atoms with E-state index >= 15 is 0 Å². The van der Waals surface area contributed by atoms with Crippen LogP contribution in [0, 0.1) is 0 Å². The fraction of sp³-hybridized carbons (Fsp3) is 0.800. The first kappa shape index (κ1) is 19.1. The van der Waals surface area contributed by atoms with Gasteiger partial charge in [0.1, 0.15) is 5.75 Å². The third kappa shape index (κ3) is 7.01. The highest BCUT2D eigenvalue weighted by molar-refractivity contribution is 7.94.